The molecule has 19 heavy (non-hydrogen) atoms. The largest absolute Gasteiger partial charge is 0.389 e. The minimum absolute atomic E-state index is 0.177. The highest BCUT2D eigenvalue weighted by Gasteiger charge is 2.17. The predicted molar refractivity (Wildman–Crippen MR) is 81.0 cm³/mol. The Balaban J connectivity index is 2.82. The van der Waals surface area contributed by atoms with E-state index in [0.29, 0.717) is 11.1 Å². The van der Waals surface area contributed by atoms with Gasteiger partial charge in [0.25, 0.3) is 0 Å². The molecule has 0 aromatic heterocycles. The summed E-state index contributed by atoms with van der Waals surface area (Å²) in [5.74, 6) is -0.528. The normalized spacial score (nSPS) is 10.2. The Kier molecular flexibility index (Phi) is 3.62. The number of hydrogen-bond acceptors (Lipinski definition) is 2. The Hall–Kier alpha value is -2.20. The fourth-order valence-corrected chi connectivity index (χ4v) is 2.36. The van der Waals surface area contributed by atoms with Crippen molar-refractivity contribution >= 4 is 23.1 Å². The molecule has 96 valence electrons. The van der Waals surface area contributed by atoms with E-state index in [0.717, 1.165) is 16.7 Å². The number of rotatable bonds is 3. The van der Waals surface area contributed by atoms with E-state index < -0.39 is 5.91 Å². The third-order valence-electron chi connectivity index (χ3n) is 2.99. The number of nitrogens with two attached hydrogens (primary N) is 2. The molecule has 0 spiro atoms. The summed E-state index contributed by atoms with van der Waals surface area (Å²) in [4.78, 5) is 11.7. The first-order valence-corrected chi connectivity index (χ1v) is 6.22. The van der Waals surface area contributed by atoms with Gasteiger partial charge in [-0.25, -0.2) is 0 Å². The number of thiocarbonyl (C=S) groups is 1. The lowest BCUT2D eigenvalue weighted by atomic mass is 9.91. The molecule has 2 aromatic carbocycles. The molecule has 1 amide bonds. The molecule has 0 atom stereocenters. The maximum atomic E-state index is 11.5. The van der Waals surface area contributed by atoms with E-state index in [1.165, 1.54) is 0 Å². The fourth-order valence-electron chi connectivity index (χ4n) is 2.14. The smallest absolute Gasteiger partial charge is 0.249 e. The Morgan fingerprint density at radius 3 is 2.21 bits per heavy atom. The van der Waals surface area contributed by atoms with Gasteiger partial charge >= 0.3 is 0 Å². The van der Waals surface area contributed by atoms with Crippen LogP contribution in [-0.4, -0.2) is 10.9 Å². The van der Waals surface area contributed by atoms with Crippen molar-refractivity contribution in [3.8, 4) is 11.1 Å². The molecule has 3 nitrogen and oxygen atoms in total. The van der Waals surface area contributed by atoms with Crippen LogP contribution in [0.1, 0.15) is 21.5 Å². The van der Waals surface area contributed by atoms with Crippen molar-refractivity contribution in [2.45, 2.75) is 6.92 Å². The quantitative estimate of drug-likeness (QED) is 0.841. The van der Waals surface area contributed by atoms with Gasteiger partial charge in [-0.15, -0.1) is 0 Å². The number of carbonyl (C=O) groups excluding carboxylic acids is 1. The number of amides is 1. The third-order valence-corrected chi connectivity index (χ3v) is 3.19. The van der Waals surface area contributed by atoms with Crippen molar-refractivity contribution in [3.05, 3.63) is 59.2 Å². The maximum absolute atomic E-state index is 11.5. The van der Waals surface area contributed by atoms with Crippen molar-refractivity contribution < 1.29 is 4.79 Å². The van der Waals surface area contributed by atoms with Gasteiger partial charge in [-0.2, -0.15) is 0 Å². The van der Waals surface area contributed by atoms with E-state index >= 15 is 0 Å². The van der Waals surface area contributed by atoms with Gasteiger partial charge in [0.1, 0.15) is 4.99 Å². The number of primary amides is 1. The van der Waals surface area contributed by atoms with E-state index in [2.05, 4.69) is 0 Å². The Morgan fingerprint density at radius 2 is 1.68 bits per heavy atom. The van der Waals surface area contributed by atoms with Crippen LogP contribution in [0.25, 0.3) is 11.1 Å². The van der Waals surface area contributed by atoms with Gasteiger partial charge < -0.3 is 11.5 Å². The number of hydrogen-bond donors (Lipinski definition) is 2. The molecule has 0 heterocycles. The van der Waals surface area contributed by atoms with Crippen LogP contribution in [0.3, 0.4) is 0 Å². The molecule has 0 fully saturated rings. The van der Waals surface area contributed by atoms with E-state index in [-0.39, 0.29) is 4.99 Å². The molecule has 0 aliphatic heterocycles. The topological polar surface area (TPSA) is 69.1 Å². The molecule has 0 bridgehead atoms. The van der Waals surface area contributed by atoms with Gasteiger partial charge in [-0.05, 0) is 29.7 Å². The summed E-state index contributed by atoms with van der Waals surface area (Å²) in [6.45, 7) is 1.95. The second-order valence-corrected chi connectivity index (χ2v) is 4.71. The summed E-state index contributed by atoms with van der Waals surface area (Å²) in [5, 5.41) is 0. The predicted octanol–water partition coefficient (Wildman–Crippen LogP) is 2.40. The van der Waals surface area contributed by atoms with E-state index in [4.69, 9.17) is 23.7 Å². The van der Waals surface area contributed by atoms with Gasteiger partial charge in [0.15, 0.2) is 0 Å². The first-order chi connectivity index (χ1) is 9.02. The molecule has 0 saturated carbocycles. The van der Waals surface area contributed by atoms with E-state index in [1.54, 1.807) is 6.07 Å². The van der Waals surface area contributed by atoms with E-state index in [1.807, 2.05) is 43.3 Å². The van der Waals surface area contributed by atoms with Crippen LogP contribution in [0, 0.1) is 6.92 Å². The van der Waals surface area contributed by atoms with Gasteiger partial charge in [0.05, 0.1) is 0 Å². The fraction of sp³-hybridized carbons (Fsp3) is 0.0667. The third kappa shape index (κ3) is 2.48. The maximum Gasteiger partial charge on any atom is 0.249 e. The van der Waals surface area contributed by atoms with Crippen molar-refractivity contribution in [2.24, 2.45) is 11.5 Å². The summed E-state index contributed by atoms with van der Waals surface area (Å²) in [5.41, 5.74) is 14.9. The van der Waals surface area contributed by atoms with Crippen LogP contribution < -0.4 is 11.5 Å². The SMILES string of the molecule is Cc1ccc(C(N)=O)c(C(N)=S)c1-c1ccccc1. The van der Waals surface area contributed by atoms with Gasteiger partial charge in [0.2, 0.25) is 5.91 Å². The van der Waals surface area contributed by atoms with Crippen molar-refractivity contribution in [1.82, 2.24) is 0 Å². The first-order valence-electron chi connectivity index (χ1n) is 5.81. The lowest BCUT2D eigenvalue weighted by Crippen LogP contribution is -2.21. The minimum atomic E-state index is -0.528. The zero-order valence-electron chi connectivity index (χ0n) is 10.5. The molecule has 0 saturated heterocycles. The molecule has 4 N–H and O–H groups in total. The zero-order valence-corrected chi connectivity index (χ0v) is 11.3. The average Bonchev–Trinajstić information content (AvgIpc) is 2.38. The molecule has 2 rings (SSSR count). The highest BCUT2D eigenvalue weighted by atomic mass is 32.1. The van der Waals surface area contributed by atoms with Gasteiger partial charge in [0, 0.05) is 11.1 Å². The summed E-state index contributed by atoms with van der Waals surface area (Å²) in [7, 11) is 0. The molecule has 0 radical (unpaired) electrons. The second-order valence-electron chi connectivity index (χ2n) is 4.27. The second kappa shape index (κ2) is 5.20. The van der Waals surface area contributed by atoms with Gasteiger partial charge in [-0.3, -0.25) is 4.79 Å². The van der Waals surface area contributed by atoms with E-state index in [9.17, 15) is 4.79 Å². The Bertz CT molecular complexity index is 651. The van der Waals surface area contributed by atoms with Crippen molar-refractivity contribution in [2.75, 3.05) is 0 Å². The Morgan fingerprint density at radius 1 is 1.05 bits per heavy atom. The number of aryl methyl sites for hydroxylation is 1. The summed E-state index contributed by atoms with van der Waals surface area (Å²) < 4.78 is 0. The minimum Gasteiger partial charge on any atom is -0.389 e. The lowest BCUT2D eigenvalue weighted by molar-refractivity contribution is 0.1000. The number of carbonyl (C=O) groups is 1. The van der Waals surface area contributed by atoms with Crippen LogP contribution in [0.15, 0.2) is 42.5 Å². The average molecular weight is 270 g/mol. The number of benzene rings is 2. The monoisotopic (exact) mass is 270 g/mol. The molecular weight excluding hydrogens is 256 g/mol. The summed E-state index contributed by atoms with van der Waals surface area (Å²) >= 11 is 5.09. The van der Waals surface area contributed by atoms with Crippen LogP contribution in [0.2, 0.25) is 0 Å². The first kappa shape index (κ1) is 13.2. The molecule has 2 aromatic rings. The molecule has 0 aliphatic rings. The van der Waals surface area contributed by atoms with Crippen LogP contribution in [-0.2, 0) is 0 Å². The van der Waals surface area contributed by atoms with Crippen LogP contribution >= 0.6 is 12.2 Å². The lowest BCUT2D eigenvalue weighted by Gasteiger charge is -2.15. The van der Waals surface area contributed by atoms with Crippen LogP contribution in [0.5, 0.6) is 0 Å². The van der Waals surface area contributed by atoms with Crippen molar-refractivity contribution in [1.29, 1.82) is 0 Å². The standard InChI is InChI=1S/C15H14N2OS/c1-9-7-8-11(14(16)18)13(15(17)19)12(9)10-5-3-2-4-6-10/h2-8H,1H3,(H2,16,18)(H2,17,19). The highest BCUT2D eigenvalue weighted by molar-refractivity contribution is 7.80. The highest BCUT2D eigenvalue weighted by Crippen LogP contribution is 2.29. The van der Waals surface area contributed by atoms with Gasteiger partial charge in [-0.1, -0.05) is 48.6 Å². The summed E-state index contributed by atoms with van der Waals surface area (Å²) in [6, 6.07) is 13.2. The molecular formula is C15H14N2OS. The zero-order chi connectivity index (χ0) is 14.0. The molecule has 0 aliphatic carbocycles. The molecule has 4 heteroatoms. The Labute approximate surface area is 117 Å². The van der Waals surface area contributed by atoms with Crippen LogP contribution in [0.4, 0.5) is 0 Å². The molecule has 0 unspecified atom stereocenters. The van der Waals surface area contributed by atoms with Crippen molar-refractivity contribution in [3.63, 3.8) is 0 Å². The summed E-state index contributed by atoms with van der Waals surface area (Å²) in [6.07, 6.45) is 0.